The molecule has 0 aliphatic heterocycles. The molecule has 0 saturated carbocycles. The van der Waals surface area contributed by atoms with Gasteiger partial charge in [-0.05, 0) is 49.2 Å². The van der Waals surface area contributed by atoms with Crippen LogP contribution in [-0.4, -0.2) is 15.5 Å². The lowest BCUT2D eigenvalue weighted by Gasteiger charge is -2.13. The van der Waals surface area contributed by atoms with Crippen LogP contribution in [-0.2, 0) is 10.1 Å². The molecule has 0 radical (unpaired) electrons. The van der Waals surface area contributed by atoms with Crippen molar-refractivity contribution in [2.24, 2.45) is 0 Å². The van der Waals surface area contributed by atoms with Crippen molar-refractivity contribution in [3.63, 3.8) is 0 Å². The second-order valence-corrected chi connectivity index (χ2v) is 7.06. The molecule has 4 nitrogen and oxygen atoms in total. The number of methoxy groups -OCH3 is 1. The number of aryl methyl sites for hydroxylation is 2. The van der Waals surface area contributed by atoms with Crippen molar-refractivity contribution in [1.29, 1.82) is 0 Å². The van der Waals surface area contributed by atoms with E-state index in [1.807, 2.05) is 0 Å². The maximum atomic E-state index is 12.5. The van der Waals surface area contributed by atoms with Crippen LogP contribution in [0.1, 0.15) is 11.1 Å². The fourth-order valence-corrected chi connectivity index (χ4v) is 3.56. The van der Waals surface area contributed by atoms with Crippen LogP contribution in [0.2, 0.25) is 10.0 Å². The van der Waals surface area contributed by atoms with E-state index in [4.69, 9.17) is 32.1 Å². The zero-order valence-corrected chi connectivity index (χ0v) is 14.5. The molecule has 22 heavy (non-hydrogen) atoms. The van der Waals surface area contributed by atoms with Crippen molar-refractivity contribution >= 4 is 33.3 Å². The minimum atomic E-state index is -4.03. The van der Waals surface area contributed by atoms with Gasteiger partial charge in [0.05, 0.1) is 12.1 Å². The summed E-state index contributed by atoms with van der Waals surface area (Å²) < 4.78 is 35.2. The van der Waals surface area contributed by atoms with E-state index in [9.17, 15) is 8.42 Å². The first-order valence-corrected chi connectivity index (χ1v) is 8.46. The summed E-state index contributed by atoms with van der Waals surface area (Å²) in [5.41, 5.74) is 1.20. The third-order valence-electron chi connectivity index (χ3n) is 3.05. The van der Waals surface area contributed by atoms with Crippen LogP contribution in [0.25, 0.3) is 0 Å². The molecule has 0 fully saturated rings. The Hall–Kier alpha value is -1.43. The van der Waals surface area contributed by atoms with Crippen LogP contribution < -0.4 is 8.92 Å². The molecule has 2 aromatic carbocycles. The second kappa shape index (κ2) is 6.36. The van der Waals surface area contributed by atoms with Gasteiger partial charge in [-0.25, -0.2) is 0 Å². The highest BCUT2D eigenvalue weighted by atomic mass is 35.5. The first-order chi connectivity index (χ1) is 10.2. The van der Waals surface area contributed by atoms with Gasteiger partial charge in [-0.15, -0.1) is 0 Å². The molecule has 118 valence electrons. The lowest BCUT2D eigenvalue weighted by molar-refractivity contribution is 0.410. The Bertz CT molecular complexity index is 817. The molecule has 0 aliphatic carbocycles. The van der Waals surface area contributed by atoms with Gasteiger partial charge in [0.15, 0.2) is 5.75 Å². The Labute approximate surface area is 139 Å². The van der Waals surface area contributed by atoms with Crippen molar-refractivity contribution in [2.75, 3.05) is 7.11 Å². The van der Waals surface area contributed by atoms with E-state index < -0.39 is 10.1 Å². The molecule has 0 heterocycles. The molecular formula is C15H14Cl2O4S. The van der Waals surface area contributed by atoms with E-state index in [2.05, 4.69) is 0 Å². The lowest BCUT2D eigenvalue weighted by atomic mass is 10.1. The van der Waals surface area contributed by atoms with Crippen LogP contribution in [0.4, 0.5) is 0 Å². The van der Waals surface area contributed by atoms with E-state index in [0.29, 0.717) is 21.9 Å². The Morgan fingerprint density at radius 2 is 1.64 bits per heavy atom. The summed E-state index contributed by atoms with van der Waals surface area (Å²) in [6, 6.07) is 7.52. The summed E-state index contributed by atoms with van der Waals surface area (Å²) in [6.45, 7) is 3.42. The van der Waals surface area contributed by atoms with Crippen molar-refractivity contribution in [2.45, 2.75) is 18.7 Å². The van der Waals surface area contributed by atoms with Gasteiger partial charge in [0.25, 0.3) is 0 Å². The normalized spacial score (nSPS) is 11.3. The molecule has 0 saturated heterocycles. The maximum absolute atomic E-state index is 12.5. The predicted octanol–water partition coefficient (Wildman–Crippen LogP) is 4.39. The Kier molecular flexibility index (Phi) is 4.90. The van der Waals surface area contributed by atoms with E-state index in [1.54, 1.807) is 26.0 Å². The molecule has 0 aromatic heterocycles. The zero-order chi connectivity index (χ0) is 16.5. The number of ether oxygens (including phenoxy) is 1. The van der Waals surface area contributed by atoms with Crippen LogP contribution in [0, 0.1) is 13.8 Å². The van der Waals surface area contributed by atoms with Crippen molar-refractivity contribution in [3.05, 3.63) is 51.5 Å². The molecule has 0 aliphatic rings. The first-order valence-electron chi connectivity index (χ1n) is 6.29. The molecule has 7 heteroatoms. The van der Waals surface area contributed by atoms with Gasteiger partial charge < -0.3 is 8.92 Å². The van der Waals surface area contributed by atoms with Crippen LogP contribution in [0.3, 0.4) is 0 Å². The summed E-state index contributed by atoms with van der Waals surface area (Å²) in [4.78, 5) is 0.0573. The fraction of sp³-hybridized carbons (Fsp3) is 0.200. The molecule has 2 aromatic rings. The quantitative estimate of drug-likeness (QED) is 0.758. The molecule has 2 rings (SSSR count). The van der Waals surface area contributed by atoms with Gasteiger partial charge in [0.1, 0.15) is 10.6 Å². The SMILES string of the molecule is COc1cc(C)c(S(=O)(=O)Oc2cc(Cl)ccc2Cl)cc1C. The fourth-order valence-electron chi connectivity index (χ4n) is 1.96. The van der Waals surface area contributed by atoms with Gasteiger partial charge in [0.2, 0.25) is 0 Å². The maximum Gasteiger partial charge on any atom is 0.339 e. The Balaban J connectivity index is 2.47. The molecular weight excluding hydrogens is 347 g/mol. The largest absolute Gasteiger partial charge is 0.496 e. The first kappa shape index (κ1) is 16.9. The third-order valence-corrected chi connectivity index (χ3v) is 4.98. The minimum absolute atomic E-state index is 0.0120. The smallest absolute Gasteiger partial charge is 0.339 e. The average molecular weight is 361 g/mol. The number of benzene rings is 2. The van der Waals surface area contributed by atoms with Crippen LogP contribution in [0.15, 0.2) is 35.2 Å². The Morgan fingerprint density at radius 3 is 2.27 bits per heavy atom. The number of rotatable bonds is 4. The van der Waals surface area contributed by atoms with Crippen molar-refractivity contribution < 1.29 is 17.3 Å². The van der Waals surface area contributed by atoms with Gasteiger partial charge in [-0.2, -0.15) is 8.42 Å². The van der Waals surface area contributed by atoms with E-state index in [-0.39, 0.29) is 15.7 Å². The Morgan fingerprint density at radius 1 is 0.955 bits per heavy atom. The van der Waals surface area contributed by atoms with Crippen molar-refractivity contribution in [3.8, 4) is 11.5 Å². The minimum Gasteiger partial charge on any atom is -0.496 e. The van der Waals surface area contributed by atoms with Crippen molar-refractivity contribution in [1.82, 2.24) is 0 Å². The summed E-state index contributed by atoms with van der Waals surface area (Å²) in [6.07, 6.45) is 0. The number of hydrogen-bond acceptors (Lipinski definition) is 4. The second-order valence-electron chi connectivity index (χ2n) is 4.70. The highest BCUT2D eigenvalue weighted by molar-refractivity contribution is 7.87. The highest BCUT2D eigenvalue weighted by Crippen LogP contribution is 2.32. The monoisotopic (exact) mass is 360 g/mol. The molecule has 0 unspecified atom stereocenters. The van der Waals surface area contributed by atoms with E-state index >= 15 is 0 Å². The van der Waals surface area contributed by atoms with Crippen LogP contribution >= 0.6 is 23.2 Å². The molecule has 0 spiro atoms. The van der Waals surface area contributed by atoms with Gasteiger partial charge >= 0.3 is 10.1 Å². The highest BCUT2D eigenvalue weighted by Gasteiger charge is 2.22. The summed E-state index contributed by atoms with van der Waals surface area (Å²) in [5, 5.41) is 0.494. The molecule has 0 bridgehead atoms. The topological polar surface area (TPSA) is 52.6 Å². The zero-order valence-electron chi connectivity index (χ0n) is 12.2. The molecule has 0 atom stereocenters. The molecule has 0 N–H and O–H groups in total. The summed E-state index contributed by atoms with van der Waals surface area (Å²) in [7, 11) is -2.50. The standard InChI is InChI=1S/C15H14Cl2O4S/c1-9-7-15(10(2)6-13(9)20-3)22(18,19)21-14-8-11(16)4-5-12(14)17/h4-8H,1-3H3. The molecule has 0 amide bonds. The average Bonchev–Trinajstić information content (AvgIpc) is 2.44. The van der Waals surface area contributed by atoms with E-state index in [0.717, 1.165) is 0 Å². The van der Waals surface area contributed by atoms with Gasteiger partial charge in [-0.1, -0.05) is 23.2 Å². The van der Waals surface area contributed by atoms with Gasteiger partial charge in [-0.3, -0.25) is 0 Å². The lowest BCUT2D eigenvalue weighted by Crippen LogP contribution is -2.12. The number of hydrogen-bond donors (Lipinski definition) is 0. The predicted molar refractivity (Wildman–Crippen MR) is 86.7 cm³/mol. The van der Waals surface area contributed by atoms with Gasteiger partial charge in [0, 0.05) is 11.1 Å². The summed E-state index contributed by atoms with van der Waals surface area (Å²) in [5.74, 6) is 0.597. The van der Waals surface area contributed by atoms with E-state index in [1.165, 1.54) is 25.3 Å². The summed E-state index contributed by atoms with van der Waals surface area (Å²) >= 11 is 11.8. The third kappa shape index (κ3) is 3.48. The number of halogens is 2. The van der Waals surface area contributed by atoms with Crippen LogP contribution in [0.5, 0.6) is 11.5 Å².